The summed E-state index contributed by atoms with van der Waals surface area (Å²) in [5, 5.41) is 5.00. The first-order valence-corrected chi connectivity index (χ1v) is 12.9. The molecule has 1 N–H and O–H groups in total. The third-order valence-corrected chi connectivity index (χ3v) is 7.64. The van der Waals surface area contributed by atoms with Gasteiger partial charge in [-0.15, -0.1) is 0 Å². The van der Waals surface area contributed by atoms with Gasteiger partial charge in [-0.1, -0.05) is 31.5 Å². The summed E-state index contributed by atoms with van der Waals surface area (Å²) in [7, 11) is 0. The molecule has 0 bridgehead atoms. The zero-order chi connectivity index (χ0) is 23.8. The second kappa shape index (κ2) is 9.59. The second-order valence-corrected chi connectivity index (χ2v) is 10.5. The van der Waals surface area contributed by atoms with Gasteiger partial charge in [-0.2, -0.15) is 0 Å². The van der Waals surface area contributed by atoms with E-state index in [0.29, 0.717) is 16.9 Å². The molecule has 2 fully saturated rings. The fourth-order valence-electron chi connectivity index (χ4n) is 5.68. The van der Waals surface area contributed by atoms with E-state index in [1.807, 2.05) is 18.3 Å². The van der Waals surface area contributed by atoms with Crippen molar-refractivity contribution in [1.82, 2.24) is 14.9 Å². The Kier molecular flexibility index (Phi) is 6.54. The van der Waals surface area contributed by atoms with Gasteiger partial charge in [-0.3, -0.25) is 4.98 Å². The van der Waals surface area contributed by atoms with Crippen molar-refractivity contribution >= 4 is 40.3 Å². The van der Waals surface area contributed by atoms with E-state index in [1.165, 1.54) is 12.1 Å². The third kappa shape index (κ3) is 4.29. The third-order valence-electron chi connectivity index (χ3n) is 7.03. The summed E-state index contributed by atoms with van der Waals surface area (Å²) in [6.07, 6.45) is 5.23. The van der Waals surface area contributed by atoms with E-state index in [-0.39, 0.29) is 12.1 Å². The van der Waals surface area contributed by atoms with Gasteiger partial charge in [0.1, 0.15) is 6.04 Å². The predicted octanol–water partition coefficient (Wildman–Crippen LogP) is 6.22. The number of nitrogens with zero attached hydrogens (tertiary/aromatic N) is 4. The van der Waals surface area contributed by atoms with Gasteiger partial charge in [0, 0.05) is 43.4 Å². The molecule has 7 heteroatoms. The Bertz CT molecular complexity index is 1150. The lowest BCUT2D eigenvalue weighted by Gasteiger charge is -2.37. The highest BCUT2D eigenvalue weighted by Crippen LogP contribution is 2.43. The van der Waals surface area contributed by atoms with Crippen molar-refractivity contribution in [2.75, 3.05) is 22.9 Å². The quantitative estimate of drug-likeness (QED) is 0.427. The van der Waals surface area contributed by atoms with Crippen molar-refractivity contribution in [2.24, 2.45) is 11.8 Å². The number of halogens is 1. The van der Waals surface area contributed by atoms with Crippen LogP contribution in [0.5, 0.6) is 0 Å². The first kappa shape index (κ1) is 23.2. The van der Waals surface area contributed by atoms with Crippen LogP contribution < -0.4 is 15.1 Å². The number of aryl methyl sites for hydroxylation is 1. The lowest BCUT2D eigenvalue weighted by atomic mass is 9.91. The van der Waals surface area contributed by atoms with E-state index in [4.69, 9.17) is 23.8 Å². The molecule has 1 aromatic carbocycles. The summed E-state index contributed by atoms with van der Waals surface area (Å²) in [5.74, 6) is 1.33. The Labute approximate surface area is 212 Å². The van der Waals surface area contributed by atoms with Gasteiger partial charge < -0.3 is 19.7 Å². The van der Waals surface area contributed by atoms with E-state index in [9.17, 15) is 0 Å². The standard InChI is InChI=1S/C27H32ClN5S/c1-4-31-13-7-9-24(31)26-25(22-8-5-6-12-29-22)30-27(34)33(26)20-10-11-23(21(28)15-20)32-16-18(2)14-19(3)17-32/h5-13,15,18-19,25-26H,4,14,16-17H2,1-3H3,(H,30,34)/t18-,19+,25-,26+/m0/s1. The number of rotatable bonds is 5. The maximum absolute atomic E-state index is 6.92. The number of aromatic nitrogens is 2. The van der Waals surface area contributed by atoms with Gasteiger partial charge in [-0.05, 0) is 79.9 Å². The van der Waals surface area contributed by atoms with Crippen molar-refractivity contribution in [3.05, 3.63) is 77.3 Å². The second-order valence-electron chi connectivity index (χ2n) is 9.70. The predicted molar refractivity (Wildman–Crippen MR) is 145 cm³/mol. The Morgan fingerprint density at radius 3 is 2.56 bits per heavy atom. The molecule has 4 heterocycles. The Morgan fingerprint density at radius 1 is 1.09 bits per heavy atom. The highest BCUT2D eigenvalue weighted by molar-refractivity contribution is 7.80. The van der Waals surface area contributed by atoms with Crippen LogP contribution >= 0.6 is 23.8 Å². The molecule has 0 amide bonds. The summed E-state index contributed by atoms with van der Waals surface area (Å²) in [4.78, 5) is 9.29. The number of benzene rings is 1. The number of piperidine rings is 1. The largest absolute Gasteiger partial charge is 0.370 e. The molecule has 0 radical (unpaired) electrons. The zero-order valence-corrected chi connectivity index (χ0v) is 21.6. The normalized spacial score (nSPS) is 25.0. The average molecular weight is 494 g/mol. The first-order valence-electron chi connectivity index (χ1n) is 12.2. The summed E-state index contributed by atoms with van der Waals surface area (Å²) < 4.78 is 2.27. The minimum atomic E-state index is -0.0591. The van der Waals surface area contributed by atoms with Crippen molar-refractivity contribution in [1.29, 1.82) is 0 Å². The summed E-state index contributed by atoms with van der Waals surface area (Å²) in [5.41, 5.74) is 4.28. The van der Waals surface area contributed by atoms with Gasteiger partial charge >= 0.3 is 0 Å². The minimum absolute atomic E-state index is 0.0331. The van der Waals surface area contributed by atoms with Crippen molar-refractivity contribution < 1.29 is 0 Å². The summed E-state index contributed by atoms with van der Waals surface area (Å²) >= 11 is 12.8. The molecule has 34 heavy (non-hydrogen) atoms. The Morgan fingerprint density at radius 2 is 1.88 bits per heavy atom. The van der Waals surface area contributed by atoms with Crippen molar-refractivity contribution in [3.8, 4) is 0 Å². The average Bonchev–Trinajstić information content (AvgIpc) is 3.42. The van der Waals surface area contributed by atoms with Crippen LogP contribution in [0.4, 0.5) is 11.4 Å². The van der Waals surface area contributed by atoms with E-state index in [1.54, 1.807) is 0 Å². The summed E-state index contributed by atoms with van der Waals surface area (Å²) in [6.45, 7) is 9.79. The zero-order valence-electron chi connectivity index (χ0n) is 20.0. The molecule has 5 nitrogen and oxygen atoms in total. The summed E-state index contributed by atoms with van der Waals surface area (Å²) in [6, 6.07) is 16.6. The molecule has 0 saturated carbocycles. The Balaban J connectivity index is 1.53. The molecule has 4 atom stereocenters. The molecule has 2 aliphatic heterocycles. The van der Waals surface area contributed by atoms with Gasteiger partial charge in [-0.25, -0.2) is 0 Å². The topological polar surface area (TPSA) is 36.3 Å². The fourth-order valence-corrected chi connectivity index (χ4v) is 6.32. The molecular formula is C27H32ClN5S. The van der Waals surface area contributed by atoms with Crippen LogP contribution in [0, 0.1) is 11.8 Å². The van der Waals surface area contributed by atoms with Crippen molar-refractivity contribution in [3.63, 3.8) is 0 Å². The van der Waals surface area contributed by atoms with Crippen LogP contribution in [-0.4, -0.2) is 27.8 Å². The SMILES string of the molecule is CCn1cccc1[C@@H]1[C@H](c2ccccn2)NC(=S)N1c1ccc(N2C[C@H](C)C[C@H](C)C2)c(Cl)c1. The van der Waals surface area contributed by atoms with Gasteiger partial charge in [0.25, 0.3) is 0 Å². The van der Waals surface area contributed by atoms with Crippen LogP contribution in [-0.2, 0) is 6.54 Å². The molecule has 2 aromatic heterocycles. The maximum atomic E-state index is 6.92. The van der Waals surface area contributed by atoms with Crippen LogP contribution in [0.25, 0.3) is 0 Å². The molecular weight excluding hydrogens is 462 g/mol. The molecule has 0 aliphatic carbocycles. The van der Waals surface area contributed by atoms with E-state index < -0.39 is 0 Å². The maximum Gasteiger partial charge on any atom is 0.174 e. The molecule has 178 valence electrons. The number of anilines is 2. The molecule has 5 rings (SSSR count). The number of nitrogens with one attached hydrogen (secondary N) is 1. The monoisotopic (exact) mass is 493 g/mol. The number of thiocarbonyl (C=S) groups is 1. The van der Waals surface area contributed by atoms with Crippen molar-refractivity contribution in [2.45, 2.75) is 45.8 Å². The molecule has 2 saturated heterocycles. The van der Waals surface area contributed by atoms with Crippen LogP contribution in [0.15, 0.2) is 60.9 Å². The van der Waals surface area contributed by atoms with Crippen LogP contribution in [0.2, 0.25) is 5.02 Å². The molecule has 3 aromatic rings. The van der Waals surface area contributed by atoms with E-state index >= 15 is 0 Å². The number of pyridine rings is 1. The first-order chi connectivity index (χ1) is 16.5. The van der Waals surface area contributed by atoms with Gasteiger partial charge in [0.15, 0.2) is 5.11 Å². The van der Waals surface area contributed by atoms with Gasteiger partial charge in [0.2, 0.25) is 0 Å². The number of hydrogen-bond acceptors (Lipinski definition) is 3. The van der Waals surface area contributed by atoms with Crippen LogP contribution in [0.3, 0.4) is 0 Å². The highest BCUT2D eigenvalue weighted by atomic mass is 35.5. The fraction of sp³-hybridized carbons (Fsp3) is 0.407. The highest BCUT2D eigenvalue weighted by Gasteiger charge is 2.42. The minimum Gasteiger partial charge on any atom is -0.370 e. The van der Waals surface area contributed by atoms with Gasteiger partial charge in [0.05, 0.1) is 22.4 Å². The van der Waals surface area contributed by atoms with Crippen LogP contribution in [0.1, 0.15) is 50.7 Å². The lowest BCUT2D eigenvalue weighted by Crippen LogP contribution is -2.38. The smallest absolute Gasteiger partial charge is 0.174 e. The number of hydrogen-bond donors (Lipinski definition) is 1. The molecule has 0 unspecified atom stereocenters. The molecule has 2 aliphatic rings. The van der Waals surface area contributed by atoms with E-state index in [2.05, 4.69) is 88.0 Å². The van der Waals surface area contributed by atoms with E-state index in [0.717, 1.165) is 41.7 Å². The lowest BCUT2D eigenvalue weighted by molar-refractivity contribution is 0.357. The Hall–Kier alpha value is -2.57. The molecule has 0 spiro atoms.